The lowest BCUT2D eigenvalue weighted by atomic mass is 9.87. The Labute approximate surface area is 118 Å². The topological polar surface area (TPSA) is 58.4 Å². The smallest absolute Gasteiger partial charge is 0.221 e. The highest BCUT2D eigenvalue weighted by Crippen LogP contribution is 2.21. The minimum absolute atomic E-state index is 0.0333. The average molecular weight is 269 g/mol. The maximum atomic E-state index is 11.9. The Bertz CT molecular complexity index is 286. The number of hydrogen-bond acceptors (Lipinski definition) is 3. The van der Waals surface area contributed by atoms with Gasteiger partial charge >= 0.3 is 0 Å². The van der Waals surface area contributed by atoms with Gasteiger partial charge in [-0.25, -0.2) is 0 Å². The summed E-state index contributed by atoms with van der Waals surface area (Å²) in [5.41, 5.74) is 6.21. The minimum Gasteiger partial charge on any atom is -0.356 e. The Kier molecular flexibility index (Phi) is 6.27. The van der Waals surface area contributed by atoms with E-state index in [0.29, 0.717) is 12.3 Å². The molecular formula is C15H31N3O. The van der Waals surface area contributed by atoms with Gasteiger partial charge < -0.3 is 16.0 Å². The van der Waals surface area contributed by atoms with Crippen molar-refractivity contribution in [3.8, 4) is 0 Å². The van der Waals surface area contributed by atoms with Crippen molar-refractivity contribution in [1.82, 2.24) is 10.2 Å². The van der Waals surface area contributed by atoms with Gasteiger partial charge in [0.05, 0.1) is 0 Å². The fourth-order valence-corrected chi connectivity index (χ4v) is 2.87. The molecule has 0 aromatic carbocycles. The van der Waals surface area contributed by atoms with Gasteiger partial charge in [0.25, 0.3) is 0 Å². The van der Waals surface area contributed by atoms with Crippen LogP contribution in [0.5, 0.6) is 0 Å². The lowest BCUT2D eigenvalue weighted by Crippen LogP contribution is -2.40. The van der Waals surface area contributed by atoms with Gasteiger partial charge in [-0.1, -0.05) is 20.8 Å². The SMILES string of the molecule is CN1CCCC(CNC(=O)CC(N)CC(C)(C)C)C1. The highest BCUT2D eigenvalue weighted by atomic mass is 16.1. The third-order valence-corrected chi connectivity index (χ3v) is 3.63. The second-order valence-electron chi connectivity index (χ2n) is 7.30. The van der Waals surface area contributed by atoms with Crippen LogP contribution in [-0.2, 0) is 4.79 Å². The normalized spacial score (nSPS) is 23.1. The second-order valence-corrected chi connectivity index (χ2v) is 7.30. The quantitative estimate of drug-likeness (QED) is 0.797. The summed E-state index contributed by atoms with van der Waals surface area (Å²) in [6, 6.07) is -0.0333. The maximum Gasteiger partial charge on any atom is 0.221 e. The molecule has 0 spiro atoms. The van der Waals surface area contributed by atoms with Crippen LogP contribution in [0.1, 0.15) is 46.5 Å². The summed E-state index contributed by atoms with van der Waals surface area (Å²) in [4.78, 5) is 14.2. The lowest BCUT2D eigenvalue weighted by molar-refractivity contribution is -0.121. The first-order chi connectivity index (χ1) is 8.76. The molecule has 1 rings (SSSR count). The van der Waals surface area contributed by atoms with Crippen LogP contribution in [0.25, 0.3) is 0 Å². The number of carbonyl (C=O) groups excluding carboxylic acids is 1. The summed E-state index contributed by atoms with van der Waals surface area (Å²) in [6.45, 7) is 9.54. The summed E-state index contributed by atoms with van der Waals surface area (Å²) in [6.07, 6.45) is 3.78. The predicted octanol–water partition coefficient (Wildman–Crippen LogP) is 1.60. The van der Waals surface area contributed by atoms with Crippen LogP contribution in [0.2, 0.25) is 0 Å². The first-order valence-electron chi connectivity index (χ1n) is 7.47. The van der Waals surface area contributed by atoms with Crippen molar-refractivity contribution in [2.45, 2.75) is 52.5 Å². The molecule has 19 heavy (non-hydrogen) atoms. The molecular weight excluding hydrogens is 238 g/mol. The van der Waals surface area contributed by atoms with E-state index in [-0.39, 0.29) is 17.4 Å². The zero-order chi connectivity index (χ0) is 14.5. The van der Waals surface area contributed by atoms with Gasteiger partial charge in [0.2, 0.25) is 5.91 Å². The number of piperidine rings is 1. The molecule has 4 nitrogen and oxygen atoms in total. The number of nitrogens with zero attached hydrogens (tertiary/aromatic N) is 1. The average Bonchev–Trinajstić information content (AvgIpc) is 2.23. The first kappa shape index (κ1) is 16.4. The Morgan fingerprint density at radius 1 is 1.47 bits per heavy atom. The van der Waals surface area contributed by atoms with Crippen molar-refractivity contribution in [1.29, 1.82) is 0 Å². The molecule has 1 saturated heterocycles. The van der Waals surface area contributed by atoms with Gasteiger partial charge in [0.1, 0.15) is 0 Å². The van der Waals surface area contributed by atoms with Crippen LogP contribution in [0.3, 0.4) is 0 Å². The number of carbonyl (C=O) groups is 1. The van der Waals surface area contributed by atoms with Crippen molar-refractivity contribution in [3.63, 3.8) is 0 Å². The van der Waals surface area contributed by atoms with E-state index in [4.69, 9.17) is 5.73 Å². The summed E-state index contributed by atoms with van der Waals surface area (Å²) in [5.74, 6) is 0.700. The molecule has 4 heteroatoms. The molecule has 2 atom stereocenters. The molecule has 0 radical (unpaired) electrons. The third kappa shape index (κ3) is 7.53. The van der Waals surface area contributed by atoms with Gasteiger partial charge in [0, 0.05) is 25.6 Å². The number of nitrogens with two attached hydrogens (primary N) is 1. The number of rotatable bonds is 5. The summed E-state index contributed by atoms with van der Waals surface area (Å²) >= 11 is 0. The Hall–Kier alpha value is -0.610. The molecule has 1 amide bonds. The summed E-state index contributed by atoms with van der Waals surface area (Å²) in [7, 11) is 2.15. The van der Waals surface area contributed by atoms with E-state index in [0.717, 1.165) is 19.5 Å². The van der Waals surface area contributed by atoms with Crippen molar-refractivity contribution in [2.24, 2.45) is 17.1 Å². The van der Waals surface area contributed by atoms with Gasteiger partial charge in [0.15, 0.2) is 0 Å². The monoisotopic (exact) mass is 269 g/mol. The molecule has 0 bridgehead atoms. The van der Waals surface area contributed by atoms with Gasteiger partial charge in [-0.3, -0.25) is 4.79 Å². The van der Waals surface area contributed by atoms with Crippen molar-refractivity contribution in [3.05, 3.63) is 0 Å². The van der Waals surface area contributed by atoms with Crippen LogP contribution >= 0.6 is 0 Å². The van der Waals surface area contributed by atoms with Crippen LogP contribution in [0, 0.1) is 11.3 Å². The van der Waals surface area contributed by atoms with Gasteiger partial charge in [-0.15, -0.1) is 0 Å². The van der Waals surface area contributed by atoms with Crippen LogP contribution in [0.15, 0.2) is 0 Å². The van der Waals surface area contributed by atoms with E-state index >= 15 is 0 Å². The molecule has 1 heterocycles. The second kappa shape index (κ2) is 7.25. The maximum absolute atomic E-state index is 11.9. The molecule has 1 aliphatic rings. The van der Waals surface area contributed by atoms with Crippen molar-refractivity contribution >= 4 is 5.91 Å². The fourth-order valence-electron chi connectivity index (χ4n) is 2.87. The van der Waals surface area contributed by atoms with Gasteiger partial charge in [-0.05, 0) is 44.2 Å². The van der Waals surface area contributed by atoms with Crippen LogP contribution in [0.4, 0.5) is 0 Å². The third-order valence-electron chi connectivity index (χ3n) is 3.63. The molecule has 0 saturated carbocycles. The summed E-state index contributed by atoms with van der Waals surface area (Å²) in [5, 5.41) is 3.04. The molecule has 112 valence electrons. The Balaban J connectivity index is 2.20. The highest BCUT2D eigenvalue weighted by Gasteiger charge is 2.20. The molecule has 2 unspecified atom stereocenters. The minimum atomic E-state index is -0.0333. The molecule has 1 fully saturated rings. The fraction of sp³-hybridized carbons (Fsp3) is 0.933. The van der Waals surface area contributed by atoms with Crippen LogP contribution in [-0.4, -0.2) is 43.5 Å². The van der Waals surface area contributed by atoms with Crippen molar-refractivity contribution < 1.29 is 4.79 Å². The van der Waals surface area contributed by atoms with E-state index in [1.54, 1.807) is 0 Å². The standard InChI is InChI=1S/C15H31N3O/c1-15(2,3)9-13(16)8-14(19)17-10-12-6-5-7-18(4)11-12/h12-13H,5-11,16H2,1-4H3,(H,17,19). The molecule has 0 aromatic rings. The van der Waals surface area contributed by atoms with E-state index in [1.807, 2.05) is 0 Å². The molecule has 1 aliphatic heterocycles. The predicted molar refractivity (Wildman–Crippen MR) is 79.9 cm³/mol. The van der Waals surface area contributed by atoms with E-state index in [2.05, 4.69) is 38.0 Å². The highest BCUT2D eigenvalue weighted by molar-refractivity contribution is 5.76. The van der Waals surface area contributed by atoms with Crippen LogP contribution < -0.4 is 11.1 Å². The number of hydrogen-bond donors (Lipinski definition) is 2. The zero-order valence-corrected chi connectivity index (χ0v) is 13.0. The Morgan fingerprint density at radius 2 is 2.16 bits per heavy atom. The molecule has 0 aromatic heterocycles. The first-order valence-corrected chi connectivity index (χ1v) is 7.47. The number of amides is 1. The Morgan fingerprint density at radius 3 is 2.74 bits per heavy atom. The summed E-state index contributed by atoms with van der Waals surface area (Å²) < 4.78 is 0. The molecule has 0 aliphatic carbocycles. The zero-order valence-electron chi connectivity index (χ0n) is 13.0. The number of likely N-dealkylation sites (tertiary alicyclic amines) is 1. The lowest BCUT2D eigenvalue weighted by Gasteiger charge is -2.30. The largest absolute Gasteiger partial charge is 0.356 e. The van der Waals surface area contributed by atoms with Crippen molar-refractivity contribution in [2.75, 3.05) is 26.7 Å². The van der Waals surface area contributed by atoms with E-state index in [9.17, 15) is 4.79 Å². The van der Waals surface area contributed by atoms with E-state index < -0.39 is 0 Å². The molecule has 3 N–H and O–H groups in total. The van der Waals surface area contributed by atoms with Gasteiger partial charge in [-0.2, -0.15) is 0 Å². The van der Waals surface area contributed by atoms with E-state index in [1.165, 1.54) is 19.4 Å². The number of nitrogens with one attached hydrogen (secondary N) is 1.